The summed E-state index contributed by atoms with van der Waals surface area (Å²) >= 11 is 5.83. The minimum atomic E-state index is -0.964. The SMILES string of the molecule is CC(C)O[C@@H](Cc1cccc(OCCCOc2ccc(Cl)cc2)c1)C(=O)O. The molecule has 2 rings (SSSR count). The first-order chi connectivity index (χ1) is 12.9. The summed E-state index contributed by atoms with van der Waals surface area (Å²) in [4.78, 5) is 11.3. The second-order valence-electron chi connectivity index (χ2n) is 6.37. The lowest BCUT2D eigenvalue weighted by Gasteiger charge is -2.17. The third kappa shape index (κ3) is 7.89. The number of aliphatic carboxylic acids is 1. The number of carboxylic acid groups (broad SMARTS) is 1. The first kappa shape index (κ1) is 21.1. The number of carboxylic acids is 1. The molecule has 0 bridgehead atoms. The van der Waals surface area contributed by atoms with Crippen molar-refractivity contribution in [2.45, 2.75) is 38.9 Å². The molecule has 0 heterocycles. The third-order valence-electron chi connectivity index (χ3n) is 3.67. The van der Waals surface area contributed by atoms with E-state index in [1.165, 1.54) is 0 Å². The predicted molar refractivity (Wildman–Crippen MR) is 105 cm³/mol. The summed E-state index contributed by atoms with van der Waals surface area (Å²) < 4.78 is 16.8. The molecule has 0 aromatic heterocycles. The van der Waals surface area contributed by atoms with Gasteiger partial charge < -0.3 is 19.3 Å². The van der Waals surface area contributed by atoms with Gasteiger partial charge in [0.1, 0.15) is 11.5 Å². The molecule has 1 N–H and O–H groups in total. The van der Waals surface area contributed by atoms with E-state index in [0.717, 1.165) is 17.7 Å². The Balaban J connectivity index is 1.77. The zero-order valence-electron chi connectivity index (χ0n) is 15.6. The molecular weight excluding hydrogens is 368 g/mol. The minimum Gasteiger partial charge on any atom is -0.493 e. The van der Waals surface area contributed by atoms with Crippen molar-refractivity contribution < 1.29 is 24.1 Å². The fourth-order valence-corrected chi connectivity index (χ4v) is 2.59. The number of hydrogen-bond donors (Lipinski definition) is 1. The fraction of sp³-hybridized carbons (Fsp3) is 0.381. The monoisotopic (exact) mass is 392 g/mol. The lowest BCUT2D eigenvalue weighted by molar-refractivity contribution is -0.153. The lowest BCUT2D eigenvalue weighted by atomic mass is 10.1. The molecule has 6 heteroatoms. The first-order valence-electron chi connectivity index (χ1n) is 8.92. The van der Waals surface area contributed by atoms with Gasteiger partial charge in [-0.1, -0.05) is 23.7 Å². The van der Waals surface area contributed by atoms with Gasteiger partial charge in [-0.25, -0.2) is 4.79 Å². The number of ether oxygens (including phenoxy) is 3. The van der Waals surface area contributed by atoms with E-state index in [2.05, 4.69) is 0 Å². The van der Waals surface area contributed by atoms with Gasteiger partial charge in [-0.15, -0.1) is 0 Å². The highest BCUT2D eigenvalue weighted by Crippen LogP contribution is 2.18. The average molecular weight is 393 g/mol. The molecule has 0 spiro atoms. The highest BCUT2D eigenvalue weighted by atomic mass is 35.5. The van der Waals surface area contributed by atoms with Crippen molar-refractivity contribution >= 4 is 17.6 Å². The Kier molecular flexibility index (Phi) is 8.43. The van der Waals surface area contributed by atoms with Crippen LogP contribution in [0.1, 0.15) is 25.8 Å². The van der Waals surface area contributed by atoms with Gasteiger partial charge in [-0.2, -0.15) is 0 Å². The van der Waals surface area contributed by atoms with E-state index in [-0.39, 0.29) is 6.10 Å². The molecule has 0 unspecified atom stereocenters. The summed E-state index contributed by atoms with van der Waals surface area (Å²) in [5, 5.41) is 9.96. The van der Waals surface area contributed by atoms with E-state index in [4.69, 9.17) is 25.8 Å². The summed E-state index contributed by atoms with van der Waals surface area (Å²) in [6.45, 7) is 4.68. The molecule has 0 aliphatic rings. The molecule has 5 nitrogen and oxygen atoms in total. The molecule has 2 aromatic rings. The maximum atomic E-state index is 11.3. The fourth-order valence-electron chi connectivity index (χ4n) is 2.47. The zero-order valence-corrected chi connectivity index (χ0v) is 16.3. The van der Waals surface area contributed by atoms with Crippen LogP contribution in [0.25, 0.3) is 0 Å². The van der Waals surface area contributed by atoms with Crippen molar-refractivity contribution in [2.24, 2.45) is 0 Å². The molecule has 0 aliphatic heterocycles. The van der Waals surface area contributed by atoms with Gasteiger partial charge in [0.2, 0.25) is 0 Å². The number of benzene rings is 2. The maximum Gasteiger partial charge on any atom is 0.333 e. The van der Waals surface area contributed by atoms with Crippen LogP contribution >= 0.6 is 11.6 Å². The minimum absolute atomic E-state index is 0.147. The Morgan fingerprint density at radius 1 is 1.04 bits per heavy atom. The van der Waals surface area contributed by atoms with Gasteiger partial charge >= 0.3 is 5.97 Å². The molecule has 0 aliphatic carbocycles. The van der Waals surface area contributed by atoms with E-state index in [1.54, 1.807) is 12.1 Å². The topological polar surface area (TPSA) is 65.0 Å². The van der Waals surface area contributed by atoms with Crippen LogP contribution in [0.5, 0.6) is 11.5 Å². The molecule has 0 fully saturated rings. The molecule has 1 atom stereocenters. The first-order valence-corrected chi connectivity index (χ1v) is 9.30. The third-order valence-corrected chi connectivity index (χ3v) is 3.92. The van der Waals surface area contributed by atoms with E-state index in [1.807, 2.05) is 50.2 Å². The van der Waals surface area contributed by atoms with Crippen molar-refractivity contribution in [1.82, 2.24) is 0 Å². The molecule has 146 valence electrons. The summed E-state index contributed by atoms with van der Waals surface area (Å²) in [6, 6.07) is 14.6. The Morgan fingerprint density at radius 3 is 2.33 bits per heavy atom. The largest absolute Gasteiger partial charge is 0.493 e. The average Bonchev–Trinajstić information content (AvgIpc) is 2.62. The van der Waals surface area contributed by atoms with Crippen molar-refractivity contribution in [3.8, 4) is 11.5 Å². The highest BCUT2D eigenvalue weighted by molar-refractivity contribution is 6.30. The second-order valence-corrected chi connectivity index (χ2v) is 6.80. The van der Waals surface area contributed by atoms with Crippen LogP contribution in [0.2, 0.25) is 5.02 Å². The number of halogens is 1. The van der Waals surface area contributed by atoms with Crippen molar-refractivity contribution in [2.75, 3.05) is 13.2 Å². The Bertz CT molecular complexity index is 715. The normalized spacial score (nSPS) is 12.0. The Morgan fingerprint density at radius 2 is 1.70 bits per heavy atom. The molecule has 2 aromatic carbocycles. The van der Waals surface area contributed by atoms with Crippen LogP contribution in [0.15, 0.2) is 48.5 Å². The molecule has 0 amide bonds. The van der Waals surface area contributed by atoms with Crippen LogP contribution in [0.3, 0.4) is 0 Å². The maximum absolute atomic E-state index is 11.3. The van der Waals surface area contributed by atoms with Crippen LogP contribution < -0.4 is 9.47 Å². The van der Waals surface area contributed by atoms with Crippen LogP contribution in [0.4, 0.5) is 0 Å². The van der Waals surface area contributed by atoms with Gasteiger partial charge in [0.15, 0.2) is 6.10 Å². The summed E-state index contributed by atoms with van der Waals surface area (Å²) in [5.74, 6) is 0.508. The summed E-state index contributed by atoms with van der Waals surface area (Å²) in [6.07, 6.45) is 0.00467. The van der Waals surface area contributed by atoms with Gasteiger partial charge in [-0.05, 0) is 55.8 Å². The van der Waals surface area contributed by atoms with E-state index in [0.29, 0.717) is 30.4 Å². The molecular formula is C21H25ClO5. The predicted octanol–water partition coefficient (Wildman–Crippen LogP) is 4.61. The van der Waals surface area contributed by atoms with Crippen molar-refractivity contribution in [3.63, 3.8) is 0 Å². The quantitative estimate of drug-likeness (QED) is 0.566. The zero-order chi connectivity index (χ0) is 19.6. The molecule has 27 heavy (non-hydrogen) atoms. The lowest BCUT2D eigenvalue weighted by Crippen LogP contribution is -2.29. The molecule has 0 saturated carbocycles. The van der Waals surface area contributed by atoms with Crippen molar-refractivity contribution in [1.29, 1.82) is 0 Å². The summed E-state index contributed by atoms with van der Waals surface area (Å²) in [5.41, 5.74) is 0.859. The van der Waals surface area contributed by atoms with Crippen LogP contribution in [0, 0.1) is 0 Å². The number of rotatable bonds is 11. The van der Waals surface area contributed by atoms with E-state index >= 15 is 0 Å². The highest BCUT2D eigenvalue weighted by Gasteiger charge is 2.20. The van der Waals surface area contributed by atoms with Gasteiger partial charge in [0.25, 0.3) is 0 Å². The van der Waals surface area contributed by atoms with E-state index in [9.17, 15) is 9.90 Å². The molecule has 0 radical (unpaired) electrons. The van der Waals surface area contributed by atoms with Gasteiger partial charge in [0.05, 0.1) is 19.3 Å². The Labute approximate surface area is 164 Å². The van der Waals surface area contributed by atoms with Gasteiger partial charge in [-0.3, -0.25) is 0 Å². The summed E-state index contributed by atoms with van der Waals surface area (Å²) in [7, 11) is 0. The number of carbonyl (C=O) groups is 1. The van der Waals surface area contributed by atoms with Gasteiger partial charge in [0, 0.05) is 17.9 Å². The number of hydrogen-bond acceptors (Lipinski definition) is 4. The Hall–Kier alpha value is -2.24. The van der Waals surface area contributed by atoms with Crippen LogP contribution in [-0.2, 0) is 16.0 Å². The second kappa shape index (κ2) is 10.8. The van der Waals surface area contributed by atoms with E-state index < -0.39 is 12.1 Å². The smallest absolute Gasteiger partial charge is 0.333 e. The van der Waals surface area contributed by atoms with Crippen molar-refractivity contribution in [3.05, 3.63) is 59.1 Å². The molecule has 0 saturated heterocycles. The standard InChI is InChI=1S/C21H25ClO5/c1-15(2)27-20(21(23)24)14-16-5-3-6-19(13-16)26-12-4-11-25-18-9-7-17(22)8-10-18/h3,5-10,13,15,20H,4,11-12,14H2,1-2H3,(H,23,24)/t20-/m0/s1. The van der Waals surface area contributed by atoms with Crippen LogP contribution in [-0.4, -0.2) is 36.5 Å².